The summed E-state index contributed by atoms with van der Waals surface area (Å²) in [6.07, 6.45) is 0. The Hall–Kier alpha value is -0.970. The van der Waals surface area contributed by atoms with Gasteiger partial charge in [-0.3, -0.25) is 0 Å². The van der Waals surface area contributed by atoms with Gasteiger partial charge < -0.3 is 15.1 Å². The van der Waals surface area contributed by atoms with Gasteiger partial charge in [0.1, 0.15) is 0 Å². The van der Waals surface area contributed by atoms with Crippen molar-refractivity contribution in [2.45, 2.75) is 6.54 Å². The van der Waals surface area contributed by atoms with Crippen molar-refractivity contribution in [2.75, 3.05) is 7.11 Å². The van der Waals surface area contributed by atoms with Crippen LogP contribution in [-0.2, 0) is 6.54 Å². The van der Waals surface area contributed by atoms with E-state index in [2.05, 4.69) is 0 Å². The molecular formula is C8H10ClNO3. The molecule has 0 aliphatic rings. The molecule has 1 aromatic rings. The van der Waals surface area contributed by atoms with Gasteiger partial charge in [-0.05, 0) is 11.6 Å². The lowest BCUT2D eigenvalue weighted by molar-refractivity contribution is 0.161. The van der Waals surface area contributed by atoms with Gasteiger partial charge in [0, 0.05) is 17.6 Å². The number of methoxy groups -OCH3 is 1. The van der Waals surface area contributed by atoms with Crippen LogP contribution in [-0.4, -0.2) is 17.4 Å². The highest BCUT2D eigenvalue weighted by molar-refractivity contribution is 6.31. The van der Waals surface area contributed by atoms with Gasteiger partial charge in [-0.2, -0.15) is 0 Å². The summed E-state index contributed by atoms with van der Waals surface area (Å²) in [6, 6.07) is 2.92. The molecule has 4 nitrogen and oxygen atoms in total. The molecule has 0 saturated carbocycles. The van der Waals surface area contributed by atoms with Crippen LogP contribution in [0.5, 0.6) is 11.5 Å². The molecule has 3 N–H and O–H groups in total. The van der Waals surface area contributed by atoms with E-state index >= 15 is 0 Å². The fourth-order valence-corrected chi connectivity index (χ4v) is 1.19. The van der Waals surface area contributed by atoms with Crippen LogP contribution in [0.3, 0.4) is 0 Å². The molecule has 0 atom stereocenters. The first kappa shape index (κ1) is 10.1. The van der Waals surface area contributed by atoms with E-state index in [9.17, 15) is 5.11 Å². The molecule has 0 fully saturated rings. The first-order valence-corrected chi connectivity index (χ1v) is 3.99. The highest BCUT2D eigenvalue weighted by Gasteiger charge is 2.07. The summed E-state index contributed by atoms with van der Waals surface area (Å²) >= 11 is 5.82. The summed E-state index contributed by atoms with van der Waals surface area (Å²) in [5, 5.41) is 18.2. The second-order valence-electron chi connectivity index (χ2n) is 2.45. The van der Waals surface area contributed by atoms with Gasteiger partial charge in [-0.15, -0.1) is 0 Å². The monoisotopic (exact) mass is 203 g/mol. The average Bonchev–Trinajstić information content (AvgIpc) is 2.11. The largest absolute Gasteiger partial charge is 0.504 e. The van der Waals surface area contributed by atoms with Crippen molar-refractivity contribution in [1.82, 2.24) is 5.48 Å². The molecule has 0 spiro atoms. The number of hydroxylamine groups is 1. The summed E-state index contributed by atoms with van der Waals surface area (Å²) in [5.41, 5.74) is 2.55. The Kier molecular flexibility index (Phi) is 3.36. The minimum absolute atomic E-state index is 0.00264. The normalized spacial score (nSPS) is 10.1. The fraction of sp³-hybridized carbons (Fsp3) is 0.250. The van der Waals surface area contributed by atoms with E-state index < -0.39 is 0 Å². The molecule has 0 bridgehead atoms. The molecule has 0 aliphatic carbocycles. The molecular weight excluding hydrogens is 194 g/mol. The van der Waals surface area contributed by atoms with Gasteiger partial charge in [0.05, 0.1) is 7.11 Å². The topological polar surface area (TPSA) is 61.7 Å². The Balaban J connectivity index is 3.05. The first-order chi connectivity index (χ1) is 6.19. The summed E-state index contributed by atoms with van der Waals surface area (Å²) in [4.78, 5) is 0. The van der Waals surface area contributed by atoms with E-state index in [1.165, 1.54) is 19.2 Å². The van der Waals surface area contributed by atoms with Crippen LogP contribution in [0.25, 0.3) is 0 Å². The van der Waals surface area contributed by atoms with Crippen LogP contribution in [0.4, 0.5) is 0 Å². The second-order valence-corrected chi connectivity index (χ2v) is 2.86. The predicted molar refractivity (Wildman–Crippen MR) is 48.3 cm³/mol. The smallest absolute Gasteiger partial charge is 0.161 e. The molecule has 1 aromatic carbocycles. The van der Waals surface area contributed by atoms with E-state index in [4.69, 9.17) is 21.5 Å². The lowest BCUT2D eigenvalue weighted by Gasteiger charge is -2.07. The third-order valence-corrected chi connectivity index (χ3v) is 1.97. The summed E-state index contributed by atoms with van der Waals surface area (Å²) in [6.45, 7) is 0.177. The van der Waals surface area contributed by atoms with E-state index in [1.807, 2.05) is 5.48 Å². The number of benzene rings is 1. The minimum Gasteiger partial charge on any atom is -0.504 e. The molecule has 0 saturated heterocycles. The van der Waals surface area contributed by atoms with E-state index in [-0.39, 0.29) is 12.3 Å². The summed E-state index contributed by atoms with van der Waals surface area (Å²) < 4.78 is 4.84. The van der Waals surface area contributed by atoms with Crippen LogP contribution < -0.4 is 10.2 Å². The Labute approximate surface area is 80.7 Å². The van der Waals surface area contributed by atoms with Crippen molar-refractivity contribution in [3.63, 3.8) is 0 Å². The zero-order chi connectivity index (χ0) is 9.84. The maximum Gasteiger partial charge on any atom is 0.161 e. The molecule has 1 rings (SSSR count). The van der Waals surface area contributed by atoms with Gasteiger partial charge in [-0.25, -0.2) is 5.48 Å². The first-order valence-electron chi connectivity index (χ1n) is 3.61. The Morgan fingerprint density at radius 1 is 1.54 bits per heavy atom. The number of rotatable bonds is 3. The summed E-state index contributed by atoms with van der Waals surface area (Å²) in [5.74, 6) is 0.309. The zero-order valence-corrected chi connectivity index (χ0v) is 7.80. The van der Waals surface area contributed by atoms with Crippen molar-refractivity contribution < 1.29 is 15.1 Å². The Morgan fingerprint density at radius 2 is 2.23 bits per heavy atom. The van der Waals surface area contributed by atoms with E-state index in [1.54, 1.807) is 0 Å². The summed E-state index contributed by atoms with van der Waals surface area (Å²) in [7, 11) is 1.44. The number of phenolic OH excluding ortho intramolecular Hbond substituents is 1. The Bertz CT molecular complexity index is 304. The van der Waals surface area contributed by atoms with Gasteiger partial charge in [-0.1, -0.05) is 11.6 Å². The van der Waals surface area contributed by atoms with Crippen LogP contribution in [0, 0.1) is 0 Å². The Morgan fingerprint density at radius 3 is 2.77 bits per heavy atom. The van der Waals surface area contributed by atoms with Crippen molar-refractivity contribution in [3.8, 4) is 11.5 Å². The predicted octanol–water partition coefficient (Wildman–Crippen LogP) is 1.53. The number of nitrogens with one attached hydrogen (secondary N) is 1. The number of hydrogen-bond acceptors (Lipinski definition) is 4. The lowest BCUT2D eigenvalue weighted by atomic mass is 10.2. The fourth-order valence-electron chi connectivity index (χ4n) is 0.971. The van der Waals surface area contributed by atoms with Crippen molar-refractivity contribution >= 4 is 11.6 Å². The molecule has 0 aromatic heterocycles. The van der Waals surface area contributed by atoms with Crippen LogP contribution in [0.1, 0.15) is 5.56 Å². The van der Waals surface area contributed by atoms with Crippen LogP contribution >= 0.6 is 11.6 Å². The van der Waals surface area contributed by atoms with Gasteiger partial charge in [0.2, 0.25) is 0 Å². The quantitative estimate of drug-likeness (QED) is 0.652. The molecule has 0 unspecified atom stereocenters. The molecule has 0 amide bonds. The molecule has 0 heterocycles. The molecule has 0 radical (unpaired) electrons. The number of hydrogen-bond donors (Lipinski definition) is 3. The number of aromatic hydroxyl groups is 1. The van der Waals surface area contributed by atoms with E-state index in [0.717, 1.165) is 0 Å². The lowest BCUT2D eigenvalue weighted by Crippen LogP contribution is -2.06. The SMILES string of the molecule is COc1cc(Cl)c(CNO)cc1O. The second kappa shape index (κ2) is 4.32. The van der Waals surface area contributed by atoms with Gasteiger partial charge in [0.25, 0.3) is 0 Å². The number of ether oxygens (including phenoxy) is 1. The number of phenols is 1. The van der Waals surface area contributed by atoms with Gasteiger partial charge in [0.15, 0.2) is 11.5 Å². The zero-order valence-electron chi connectivity index (χ0n) is 7.04. The molecule has 13 heavy (non-hydrogen) atoms. The van der Waals surface area contributed by atoms with Crippen molar-refractivity contribution in [3.05, 3.63) is 22.7 Å². The van der Waals surface area contributed by atoms with Crippen molar-refractivity contribution in [1.29, 1.82) is 0 Å². The van der Waals surface area contributed by atoms with Gasteiger partial charge >= 0.3 is 0 Å². The molecule has 72 valence electrons. The van der Waals surface area contributed by atoms with Crippen LogP contribution in [0.2, 0.25) is 5.02 Å². The standard InChI is InChI=1S/C8H10ClNO3/c1-13-8-3-6(9)5(4-10-12)2-7(8)11/h2-3,10-12H,4H2,1H3. The maximum atomic E-state index is 9.35. The minimum atomic E-state index is -0.00264. The maximum absolute atomic E-state index is 9.35. The van der Waals surface area contributed by atoms with Crippen molar-refractivity contribution in [2.24, 2.45) is 0 Å². The van der Waals surface area contributed by atoms with E-state index in [0.29, 0.717) is 16.3 Å². The highest BCUT2D eigenvalue weighted by Crippen LogP contribution is 2.31. The molecule has 5 heteroatoms. The average molecular weight is 204 g/mol. The third kappa shape index (κ3) is 2.24. The van der Waals surface area contributed by atoms with Crippen LogP contribution in [0.15, 0.2) is 12.1 Å². The highest BCUT2D eigenvalue weighted by atomic mass is 35.5. The molecule has 0 aliphatic heterocycles. The third-order valence-electron chi connectivity index (χ3n) is 1.62. The number of halogens is 1.